The monoisotopic (exact) mass is 283 g/mol. The van der Waals surface area contributed by atoms with Crippen LogP contribution >= 0.6 is 0 Å². The summed E-state index contributed by atoms with van der Waals surface area (Å²) < 4.78 is 0. The molecule has 0 aromatic carbocycles. The van der Waals surface area contributed by atoms with Gasteiger partial charge >= 0.3 is 0 Å². The van der Waals surface area contributed by atoms with Crippen molar-refractivity contribution in [2.24, 2.45) is 0 Å². The Labute approximate surface area is 124 Å². The highest BCUT2D eigenvalue weighted by atomic mass is 16.2. The van der Waals surface area contributed by atoms with Crippen molar-refractivity contribution in [2.45, 2.75) is 58.9 Å². The maximum Gasteiger partial charge on any atom is 0.236 e. The van der Waals surface area contributed by atoms with Gasteiger partial charge in [-0.2, -0.15) is 0 Å². The van der Waals surface area contributed by atoms with Crippen LogP contribution in [0, 0.1) is 0 Å². The Kier molecular flexibility index (Phi) is 8.86. The van der Waals surface area contributed by atoms with Crippen molar-refractivity contribution in [3.8, 4) is 0 Å². The van der Waals surface area contributed by atoms with Crippen molar-refractivity contribution in [3.05, 3.63) is 0 Å². The first-order valence-electron chi connectivity index (χ1n) is 8.44. The van der Waals surface area contributed by atoms with Crippen LogP contribution in [0.1, 0.15) is 52.9 Å². The van der Waals surface area contributed by atoms with Crippen molar-refractivity contribution in [2.75, 3.05) is 39.3 Å². The Morgan fingerprint density at radius 2 is 1.70 bits per heavy atom. The number of carbonyl (C=O) groups is 1. The molecule has 1 aliphatic carbocycles. The minimum Gasteiger partial charge on any atom is -0.342 e. The standard InChI is InChI=1S/C16H33N3O/c1-4-18(5-2)12-9-13-19(6-3)16(20)14-17-15-10-7-8-11-15/h15,17H,4-14H2,1-3H3. The molecule has 0 atom stereocenters. The molecule has 1 saturated carbocycles. The van der Waals surface area contributed by atoms with Crippen LogP contribution in [-0.2, 0) is 4.79 Å². The van der Waals surface area contributed by atoms with Gasteiger partial charge in [-0.05, 0) is 45.8 Å². The summed E-state index contributed by atoms with van der Waals surface area (Å²) in [5, 5.41) is 3.42. The van der Waals surface area contributed by atoms with Crippen molar-refractivity contribution in [1.82, 2.24) is 15.1 Å². The van der Waals surface area contributed by atoms with E-state index in [4.69, 9.17) is 0 Å². The van der Waals surface area contributed by atoms with E-state index >= 15 is 0 Å². The van der Waals surface area contributed by atoms with Crippen molar-refractivity contribution < 1.29 is 4.79 Å². The zero-order valence-corrected chi connectivity index (χ0v) is 13.7. The third-order valence-corrected chi connectivity index (χ3v) is 4.43. The van der Waals surface area contributed by atoms with Crippen LogP contribution in [0.25, 0.3) is 0 Å². The first kappa shape index (κ1) is 17.4. The number of likely N-dealkylation sites (N-methyl/N-ethyl adjacent to an activating group) is 1. The largest absolute Gasteiger partial charge is 0.342 e. The van der Waals surface area contributed by atoms with Gasteiger partial charge in [-0.15, -0.1) is 0 Å². The Hall–Kier alpha value is -0.610. The molecule has 0 saturated heterocycles. The lowest BCUT2D eigenvalue weighted by Crippen LogP contribution is -2.42. The molecule has 0 radical (unpaired) electrons. The molecule has 0 unspecified atom stereocenters. The molecule has 1 fully saturated rings. The second kappa shape index (κ2) is 10.2. The maximum atomic E-state index is 12.2. The smallest absolute Gasteiger partial charge is 0.236 e. The van der Waals surface area contributed by atoms with Crippen LogP contribution in [0.4, 0.5) is 0 Å². The highest BCUT2D eigenvalue weighted by molar-refractivity contribution is 5.78. The van der Waals surface area contributed by atoms with E-state index in [9.17, 15) is 4.79 Å². The van der Waals surface area contributed by atoms with Gasteiger partial charge in [0.15, 0.2) is 0 Å². The number of nitrogens with one attached hydrogen (secondary N) is 1. The van der Waals surface area contributed by atoms with Gasteiger partial charge in [-0.3, -0.25) is 4.79 Å². The maximum absolute atomic E-state index is 12.2. The fraction of sp³-hybridized carbons (Fsp3) is 0.938. The quantitative estimate of drug-likeness (QED) is 0.667. The third-order valence-electron chi connectivity index (χ3n) is 4.43. The fourth-order valence-electron chi connectivity index (χ4n) is 2.96. The molecule has 1 aliphatic rings. The summed E-state index contributed by atoms with van der Waals surface area (Å²) in [6, 6.07) is 0.577. The first-order chi connectivity index (χ1) is 9.71. The van der Waals surface area contributed by atoms with Crippen molar-refractivity contribution >= 4 is 5.91 Å². The zero-order valence-electron chi connectivity index (χ0n) is 13.7. The molecule has 0 heterocycles. The van der Waals surface area contributed by atoms with E-state index in [2.05, 4.69) is 31.0 Å². The van der Waals surface area contributed by atoms with Gasteiger partial charge in [0.05, 0.1) is 6.54 Å². The van der Waals surface area contributed by atoms with Gasteiger partial charge in [0.1, 0.15) is 0 Å². The number of amides is 1. The molecule has 0 aromatic heterocycles. The molecular formula is C16H33N3O. The third kappa shape index (κ3) is 6.23. The molecule has 4 heteroatoms. The molecule has 118 valence electrons. The molecule has 4 nitrogen and oxygen atoms in total. The summed E-state index contributed by atoms with van der Waals surface area (Å²) in [7, 11) is 0. The van der Waals surface area contributed by atoms with E-state index in [1.807, 2.05) is 4.90 Å². The van der Waals surface area contributed by atoms with E-state index in [1.54, 1.807) is 0 Å². The van der Waals surface area contributed by atoms with Crippen LogP contribution in [0.2, 0.25) is 0 Å². The number of hydrogen-bond donors (Lipinski definition) is 1. The summed E-state index contributed by atoms with van der Waals surface area (Å²) in [4.78, 5) is 16.6. The van der Waals surface area contributed by atoms with Gasteiger partial charge < -0.3 is 15.1 Å². The summed E-state index contributed by atoms with van der Waals surface area (Å²) in [6.45, 7) is 12.0. The molecule has 0 aromatic rings. The van der Waals surface area contributed by atoms with Gasteiger partial charge in [-0.1, -0.05) is 26.7 Å². The lowest BCUT2D eigenvalue weighted by atomic mass is 10.2. The van der Waals surface area contributed by atoms with Crippen LogP contribution in [0.3, 0.4) is 0 Å². The van der Waals surface area contributed by atoms with Gasteiger partial charge in [-0.25, -0.2) is 0 Å². The van der Waals surface area contributed by atoms with Crippen molar-refractivity contribution in [1.29, 1.82) is 0 Å². The summed E-state index contributed by atoms with van der Waals surface area (Å²) in [5.74, 6) is 0.263. The van der Waals surface area contributed by atoms with Crippen LogP contribution in [0.5, 0.6) is 0 Å². The van der Waals surface area contributed by atoms with E-state index < -0.39 is 0 Å². The zero-order chi connectivity index (χ0) is 14.8. The summed E-state index contributed by atoms with van der Waals surface area (Å²) in [6.07, 6.45) is 6.17. The number of carbonyl (C=O) groups excluding carboxylic acids is 1. The molecule has 1 amide bonds. The van der Waals surface area contributed by atoms with Gasteiger partial charge in [0.2, 0.25) is 5.91 Å². The average molecular weight is 283 g/mol. The molecule has 0 bridgehead atoms. The normalized spacial score (nSPS) is 16.0. The molecule has 0 spiro atoms. The van der Waals surface area contributed by atoms with Gasteiger partial charge in [0, 0.05) is 19.1 Å². The first-order valence-corrected chi connectivity index (χ1v) is 8.44. The Bertz CT molecular complexity index is 260. The summed E-state index contributed by atoms with van der Waals surface area (Å²) >= 11 is 0. The van der Waals surface area contributed by atoms with Gasteiger partial charge in [0.25, 0.3) is 0 Å². The number of rotatable bonds is 10. The SMILES string of the molecule is CCN(CC)CCCN(CC)C(=O)CNC1CCCC1. The minimum absolute atomic E-state index is 0.263. The number of hydrogen-bond acceptors (Lipinski definition) is 3. The predicted octanol–water partition coefficient (Wildman–Crippen LogP) is 2.10. The average Bonchev–Trinajstić information content (AvgIpc) is 2.98. The van der Waals surface area contributed by atoms with Crippen molar-refractivity contribution in [3.63, 3.8) is 0 Å². The van der Waals surface area contributed by atoms with E-state index in [0.717, 1.165) is 39.1 Å². The molecule has 0 aliphatic heterocycles. The molecule has 20 heavy (non-hydrogen) atoms. The van der Waals surface area contributed by atoms with Crippen LogP contribution in [-0.4, -0.2) is 61.0 Å². The lowest BCUT2D eigenvalue weighted by Gasteiger charge is -2.24. The topological polar surface area (TPSA) is 35.6 Å². The van der Waals surface area contributed by atoms with E-state index in [1.165, 1.54) is 25.7 Å². The second-order valence-corrected chi connectivity index (χ2v) is 5.72. The number of nitrogens with zero attached hydrogens (tertiary/aromatic N) is 2. The highest BCUT2D eigenvalue weighted by Gasteiger charge is 2.17. The second-order valence-electron chi connectivity index (χ2n) is 5.72. The molecular weight excluding hydrogens is 250 g/mol. The van der Waals surface area contributed by atoms with Crippen LogP contribution < -0.4 is 5.32 Å². The molecule has 1 N–H and O–H groups in total. The Morgan fingerprint density at radius 1 is 1.05 bits per heavy atom. The Morgan fingerprint density at radius 3 is 2.25 bits per heavy atom. The van der Waals surface area contributed by atoms with E-state index in [-0.39, 0.29) is 5.91 Å². The minimum atomic E-state index is 0.263. The highest BCUT2D eigenvalue weighted by Crippen LogP contribution is 2.17. The Balaban J connectivity index is 2.20. The van der Waals surface area contributed by atoms with E-state index in [0.29, 0.717) is 12.6 Å². The fourth-order valence-corrected chi connectivity index (χ4v) is 2.96. The molecule has 1 rings (SSSR count). The lowest BCUT2D eigenvalue weighted by molar-refractivity contribution is -0.130. The predicted molar refractivity (Wildman–Crippen MR) is 84.9 cm³/mol. The summed E-state index contributed by atoms with van der Waals surface area (Å²) in [5.41, 5.74) is 0. The van der Waals surface area contributed by atoms with Crippen LogP contribution in [0.15, 0.2) is 0 Å².